The van der Waals surface area contributed by atoms with Gasteiger partial charge in [0.1, 0.15) is 5.78 Å². The molecule has 1 rings (SSSR count). The van der Waals surface area contributed by atoms with E-state index in [1.807, 2.05) is 6.92 Å². The standard InChI is InChI=1S/C14H27NO/c1-4-7-13-8-6-10-15(11-9-13)12(3)14(16)5-2/h12-13H,4-11H2,1-3H3. The van der Waals surface area contributed by atoms with Crippen LogP contribution in [0.3, 0.4) is 0 Å². The van der Waals surface area contributed by atoms with Gasteiger partial charge in [-0.15, -0.1) is 0 Å². The second-order valence-corrected chi connectivity index (χ2v) is 5.12. The molecule has 0 bridgehead atoms. The predicted octanol–water partition coefficient (Wildman–Crippen LogP) is 3.26. The van der Waals surface area contributed by atoms with Gasteiger partial charge in [-0.2, -0.15) is 0 Å². The van der Waals surface area contributed by atoms with Gasteiger partial charge in [0, 0.05) is 6.42 Å². The lowest BCUT2D eigenvalue weighted by Crippen LogP contribution is -2.39. The van der Waals surface area contributed by atoms with Crippen molar-refractivity contribution in [2.75, 3.05) is 13.1 Å². The van der Waals surface area contributed by atoms with Gasteiger partial charge in [-0.1, -0.05) is 26.7 Å². The molecule has 1 heterocycles. The zero-order valence-electron chi connectivity index (χ0n) is 11.2. The first kappa shape index (κ1) is 13.7. The Kier molecular flexibility index (Phi) is 6.04. The zero-order chi connectivity index (χ0) is 12.0. The fraction of sp³-hybridized carbons (Fsp3) is 0.929. The molecule has 0 saturated carbocycles. The molecule has 1 aliphatic rings. The molecular weight excluding hydrogens is 198 g/mol. The van der Waals surface area contributed by atoms with Crippen molar-refractivity contribution >= 4 is 5.78 Å². The van der Waals surface area contributed by atoms with Gasteiger partial charge in [0.05, 0.1) is 6.04 Å². The molecule has 0 aromatic heterocycles. The largest absolute Gasteiger partial charge is 0.298 e. The highest BCUT2D eigenvalue weighted by atomic mass is 16.1. The maximum Gasteiger partial charge on any atom is 0.149 e. The van der Waals surface area contributed by atoms with Crippen LogP contribution in [0.15, 0.2) is 0 Å². The molecule has 2 atom stereocenters. The molecule has 1 aliphatic heterocycles. The van der Waals surface area contributed by atoms with E-state index in [9.17, 15) is 4.79 Å². The lowest BCUT2D eigenvalue weighted by atomic mass is 9.96. The van der Waals surface area contributed by atoms with Crippen molar-refractivity contribution in [3.05, 3.63) is 0 Å². The molecule has 2 unspecified atom stereocenters. The van der Waals surface area contributed by atoms with Gasteiger partial charge in [-0.05, 0) is 45.2 Å². The van der Waals surface area contributed by atoms with Crippen LogP contribution in [0.4, 0.5) is 0 Å². The van der Waals surface area contributed by atoms with Crippen molar-refractivity contribution in [3.63, 3.8) is 0 Å². The van der Waals surface area contributed by atoms with E-state index in [1.165, 1.54) is 32.1 Å². The fourth-order valence-electron chi connectivity index (χ4n) is 2.77. The third-order valence-electron chi connectivity index (χ3n) is 3.94. The normalized spacial score (nSPS) is 25.1. The maximum absolute atomic E-state index is 11.7. The first-order valence-corrected chi connectivity index (χ1v) is 6.95. The monoisotopic (exact) mass is 225 g/mol. The average Bonchev–Trinajstić information content (AvgIpc) is 2.53. The van der Waals surface area contributed by atoms with Crippen molar-refractivity contribution in [2.24, 2.45) is 5.92 Å². The zero-order valence-corrected chi connectivity index (χ0v) is 11.2. The Hall–Kier alpha value is -0.370. The van der Waals surface area contributed by atoms with Crippen LogP contribution < -0.4 is 0 Å². The summed E-state index contributed by atoms with van der Waals surface area (Å²) in [7, 11) is 0. The molecule has 94 valence electrons. The van der Waals surface area contributed by atoms with Crippen molar-refractivity contribution in [2.45, 2.75) is 65.3 Å². The van der Waals surface area contributed by atoms with E-state index in [2.05, 4.69) is 18.7 Å². The van der Waals surface area contributed by atoms with Crippen LogP contribution in [0.5, 0.6) is 0 Å². The van der Waals surface area contributed by atoms with Gasteiger partial charge in [0.2, 0.25) is 0 Å². The molecule has 0 aromatic carbocycles. The van der Waals surface area contributed by atoms with Crippen molar-refractivity contribution < 1.29 is 4.79 Å². The third-order valence-corrected chi connectivity index (χ3v) is 3.94. The summed E-state index contributed by atoms with van der Waals surface area (Å²) in [4.78, 5) is 14.1. The van der Waals surface area contributed by atoms with E-state index in [4.69, 9.17) is 0 Å². The van der Waals surface area contributed by atoms with E-state index in [1.54, 1.807) is 0 Å². The smallest absolute Gasteiger partial charge is 0.149 e. The van der Waals surface area contributed by atoms with Crippen molar-refractivity contribution in [1.29, 1.82) is 0 Å². The van der Waals surface area contributed by atoms with E-state index >= 15 is 0 Å². The summed E-state index contributed by atoms with van der Waals surface area (Å²) in [5.74, 6) is 1.30. The van der Waals surface area contributed by atoms with Crippen LogP contribution in [0.25, 0.3) is 0 Å². The quantitative estimate of drug-likeness (QED) is 0.716. The lowest BCUT2D eigenvalue weighted by Gasteiger charge is -2.26. The SMILES string of the molecule is CCCC1CCCN(C(C)C(=O)CC)CC1. The van der Waals surface area contributed by atoms with Crippen LogP contribution in [-0.4, -0.2) is 29.8 Å². The van der Waals surface area contributed by atoms with Gasteiger partial charge >= 0.3 is 0 Å². The van der Waals surface area contributed by atoms with Gasteiger partial charge in [-0.25, -0.2) is 0 Å². The highest BCUT2D eigenvalue weighted by Gasteiger charge is 2.23. The molecule has 0 N–H and O–H groups in total. The van der Waals surface area contributed by atoms with Gasteiger partial charge in [0.25, 0.3) is 0 Å². The Labute approximate surface area is 100 Å². The molecule has 0 amide bonds. The summed E-state index contributed by atoms with van der Waals surface area (Å²) in [5, 5.41) is 0. The number of rotatable bonds is 5. The summed E-state index contributed by atoms with van der Waals surface area (Å²) in [5.41, 5.74) is 0. The number of carbonyl (C=O) groups excluding carboxylic acids is 1. The van der Waals surface area contributed by atoms with Crippen LogP contribution in [0.1, 0.15) is 59.3 Å². The van der Waals surface area contributed by atoms with Gasteiger partial charge in [-0.3, -0.25) is 9.69 Å². The summed E-state index contributed by atoms with van der Waals surface area (Å²) in [6, 6.07) is 0.144. The number of hydrogen-bond acceptors (Lipinski definition) is 2. The molecule has 16 heavy (non-hydrogen) atoms. The summed E-state index contributed by atoms with van der Waals surface area (Å²) in [6.07, 6.45) is 7.26. The first-order chi connectivity index (χ1) is 7.69. The highest BCUT2D eigenvalue weighted by Crippen LogP contribution is 2.23. The minimum Gasteiger partial charge on any atom is -0.298 e. The Balaban J connectivity index is 2.43. The topological polar surface area (TPSA) is 20.3 Å². The van der Waals surface area contributed by atoms with E-state index < -0.39 is 0 Å². The van der Waals surface area contributed by atoms with E-state index in [0.29, 0.717) is 12.2 Å². The van der Waals surface area contributed by atoms with Gasteiger partial charge < -0.3 is 0 Å². The van der Waals surface area contributed by atoms with E-state index in [-0.39, 0.29) is 6.04 Å². The average molecular weight is 225 g/mol. The second kappa shape index (κ2) is 7.05. The van der Waals surface area contributed by atoms with Gasteiger partial charge in [0.15, 0.2) is 0 Å². The van der Waals surface area contributed by atoms with Crippen molar-refractivity contribution in [3.8, 4) is 0 Å². The number of likely N-dealkylation sites (tertiary alicyclic amines) is 1. The predicted molar refractivity (Wildman–Crippen MR) is 68.6 cm³/mol. The van der Waals surface area contributed by atoms with Crippen LogP contribution >= 0.6 is 0 Å². The van der Waals surface area contributed by atoms with Crippen LogP contribution in [0, 0.1) is 5.92 Å². The lowest BCUT2D eigenvalue weighted by molar-refractivity contribution is -0.123. The second-order valence-electron chi connectivity index (χ2n) is 5.12. The molecular formula is C14H27NO. The number of Topliss-reactive ketones (excluding diaryl/α,β-unsaturated/α-hetero) is 1. The fourth-order valence-corrected chi connectivity index (χ4v) is 2.77. The summed E-state index contributed by atoms with van der Waals surface area (Å²) < 4.78 is 0. The number of nitrogens with zero attached hydrogens (tertiary/aromatic N) is 1. The Morgan fingerprint density at radius 1 is 1.31 bits per heavy atom. The summed E-state index contributed by atoms with van der Waals surface area (Å²) >= 11 is 0. The van der Waals surface area contributed by atoms with Crippen molar-refractivity contribution in [1.82, 2.24) is 4.90 Å². The molecule has 0 radical (unpaired) electrons. The first-order valence-electron chi connectivity index (χ1n) is 6.95. The van der Waals surface area contributed by atoms with Crippen LogP contribution in [0.2, 0.25) is 0 Å². The number of carbonyl (C=O) groups is 1. The highest BCUT2D eigenvalue weighted by molar-refractivity contribution is 5.83. The Bertz CT molecular complexity index is 215. The molecule has 2 heteroatoms. The number of hydrogen-bond donors (Lipinski definition) is 0. The number of ketones is 1. The molecule has 0 spiro atoms. The minimum atomic E-state index is 0.144. The molecule has 0 aliphatic carbocycles. The Morgan fingerprint density at radius 3 is 2.69 bits per heavy atom. The molecule has 1 fully saturated rings. The van der Waals surface area contributed by atoms with Crippen LogP contribution in [-0.2, 0) is 4.79 Å². The molecule has 0 aromatic rings. The minimum absolute atomic E-state index is 0.144. The third kappa shape index (κ3) is 3.89. The molecule has 1 saturated heterocycles. The maximum atomic E-state index is 11.7. The molecule has 2 nitrogen and oxygen atoms in total. The van der Waals surface area contributed by atoms with E-state index in [0.717, 1.165) is 19.0 Å². The Morgan fingerprint density at radius 2 is 2.06 bits per heavy atom. The summed E-state index contributed by atoms with van der Waals surface area (Å²) in [6.45, 7) is 8.55.